The maximum atomic E-state index is 13.0. The highest BCUT2D eigenvalue weighted by Crippen LogP contribution is 2.16. The van der Waals surface area contributed by atoms with Gasteiger partial charge in [0.25, 0.3) is 11.8 Å². The number of amides is 3. The summed E-state index contributed by atoms with van der Waals surface area (Å²) >= 11 is 0. The number of hydrogen-bond acceptors (Lipinski definition) is 4. The van der Waals surface area contributed by atoms with Crippen LogP contribution in [0.2, 0.25) is 0 Å². The van der Waals surface area contributed by atoms with Gasteiger partial charge in [0.05, 0.1) is 6.26 Å². The molecule has 1 saturated heterocycles. The van der Waals surface area contributed by atoms with Crippen LogP contribution in [0.5, 0.6) is 0 Å². The number of carbonyl (C=O) groups is 3. The Balaban J connectivity index is 1.56. The van der Waals surface area contributed by atoms with Gasteiger partial charge in [0.2, 0.25) is 5.91 Å². The fourth-order valence-corrected chi connectivity index (χ4v) is 3.85. The van der Waals surface area contributed by atoms with Crippen LogP contribution in [0.15, 0.2) is 47.1 Å². The number of furan rings is 1. The van der Waals surface area contributed by atoms with Crippen molar-refractivity contribution < 1.29 is 18.8 Å². The van der Waals surface area contributed by atoms with Crippen molar-refractivity contribution in [3.63, 3.8) is 0 Å². The monoisotopic (exact) mass is 425 g/mol. The van der Waals surface area contributed by atoms with Crippen molar-refractivity contribution in [2.45, 2.75) is 52.1 Å². The number of aryl methyl sites for hydroxylation is 1. The van der Waals surface area contributed by atoms with Crippen molar-refractivity contribution in [2.75, 3.05) is 13.1 Å². The number of carbonyl (C=O) groups excluding carboxylic acids is 3. The summed E-state index contributed by atoms with van der Waals surface area (Å²) in [5.74, 6) is 0.0428. The Labute approximate surface area is 183 Å². The van der Waals surface area contributed by atoms with Crippen LogP contribution in [0.1, 0.15) is 59.6 Å². The van der Waals surface area contributed by atoms with Crippen molar-refractivity contribution in [1.82, 2.24) is 15.5 Å². The standard InChI is InChI=1S/C24H31N3O4/c1-16(2)15-20(26-22(28)19-8-5-4-7-17(19)3)23(29)25-18-10-12-27(13-11-18)24(30)21-9-6-14-31-21/h4-9,14,16,18,20H,10-13,15H2,1-3H3,(H,25,29)(H,26,28). The molecular weight excluding hydrogens is 394 g/mol. The van der Waals surface area contributed by atoms with Gasteiger partial charge in [-0.1, -0.05) is 32.0 Å². The molecule has 0 aliphatic carbocycles. The Kier molecular flexibility index (Phi) is 7.50. The van der Waals surface area contributed by atoms with Gasteiger partial charge in [-0.3, -0.25) is 14.4 Å². The van der Waals surface area contributed by atoms with Crippen molar-refractivity contribution in [1.29, 1.82) is 0 Å². The average Bonchev–Trinajstić information content (AvgIpc) is 3.28. The Morgan fingerprint density at radius 2 is 1.81 bits per heavy atom. The van der Waals surface area contributed by atoms with E-state index in [1.807, 2.05) is 39.0 Å². The second-order valence-corrected chi connectivity index (χ2v) is 8.52. The van der Waals surface area contributed by atoms with E-state index >= 15 is 0 Å². The SMILES string of the molecule is Cc1ccccc1C(=O)NC(CC(C)C)C(=O)NC1CCN(C(=O)c2ccco2)CC1. The highest BCUT2D eigenvalue weighted by atomic mass is 16.3. The first-order valence-electron chi connectivity index (χ1n) is 10.8. The van der Waals surface area contributed by atoms with Gasteiger partial charge in [0, 0.05) is 24.7 Å². The minimum Gasteiger partial charge on any atom is -0.459 e. The third-order valence-corrected chi connectivity index (χ3v) is 5.58. The van der Waals surface area contributed by atoms with Gasteiger partial charge in [-0.05, 0) is 55.9 Å². The first-order chi connectivity index (χ1) is 14.8. The molecule has 1 aromatic carbocycles. The predicted molar refractivity (Wildman–Crippen MR) is 118 cm³/mol. The van der Waals surface area contributed by atoms with Crippen LogP contribution in [0.4, 0.5) is 0 Å². The molecule has 1 fully saturated rings. The van der Waals surface area contributed by atoms with Gasteiger partial charge in [-0.25, -0.2) is 0 Å². The van der Waals surface area contributed by atoms with Crippen LogP contribution in [0, 0.1) is 12.8 Å². The quantitative estimate of drug-likeness (QED) is 0.713. The van der Waals surface area contributed by atoms with Crippen LogP contribution in [0.3, 0.4) is 0 Å². The van der Waals surface area contributed by atoms with Crippen molar-refractivity contribution in [3.8, 4) is 0 Å². The molecule has 166 valence electrons. The molecule has 0 bridgehead atoms. The Morgan fingerprint density at radius 1 is 1.10 bits per heavy atom. The molecule has 1 aliphatic heterocycles. The summed E-state index contributed by atoms with van der Waals surface area (Å²) < 4.78 is 5.19. The van der Waals surface area contributed by atoms with Gasteiger partial charge in [0.15, 0.2) is 5.76 Å². The van der Waals surface area contributed by atoms with Crippen LogP contribution in [0.25, 0.3) is 0 Å². The summed E-state index contributed by atoms with van der Waals surface area (Å²) in [6, 6.07) is 10.1. The molecule has 1 aromatic heterocycles. The molecule has 7 heteroatoms. The third-order valence-electron chi connectivity index (χ3n) is 5.58. The number of hydrogen-bond donors (Lipinski definition) is 2. The summed E-state index contributed by atoms with van der Waals surface area (Å²) in [6.07, 6.45) is 3.37. The Bertz CT molecular complexity index is 899. The molecule has 2 aromatic rings. The minimum absolute atomic E-state index is 0.0295. The maximum Gasteiger partial charge on any atom is 0.289 e. The van der Waals surface area contributed by atoms with E-state index in [0.29, 0.717) is 43.7 Å². The number of nitrogens with zero attached hydrogens (tertiary/aromatic N) is 1. The minimum atomic E-state index is -0.602. The van der Waals surface area contributed by atoms with Gasteiger partial charge in [-0.2, -0.15) is 0 Å². The second-order valence-electron chi connectivity index (χ2n) is 8.52. The highest BCUT2D eigenvalue weighted by Gasteiger charge is 2.29. The molecule has 3 amide bonds. The number of likely N-dealkylation sites (tertiary alicyclic amines) is 1. The molecule has 0 saturated carbocycles. The van der Waals surface area contributed by atoms with Crippen LogP contribution < -0.4 is 10.6 Å². The van der Waals surface area contributed by atoms with E-state index in [4.69, 9.17) is 4.42 Å². The number of nitrogens with one attached hydrogen (secondary N) is 2. The first-order valence-corrected chi connectivity index (χ1v) is 10.8. The zero-order valence-corrected chi connectivity index (χ0v) is 18.4. The van der Waals surface area contributed by atoms with E-state index in [-0.39, 0.29) is 29.7 Å². The van der Waals surface area contributed by atoms with Gasteiger partial charge < -0.3 is 20.0 Å². The summed E-state index contributed by atoms with van der Waals surface area (Å²) in [5.41, 5.74) is 1.45. The average molecular weight is 426 g/mol. The highest BCUT2D eigenvalue weighted by molar-refractivity contribution is 5.98. The topological polar surface area (TPSA) is 91.7 Å². The molecule has 0 radical (unpaired) electrons. The van der Waals surface area contributed by atoms with E-state index in [2.05, 4.69) is 10.6 Å². The second kappa shape index (κ2) is 10.3. The zero-order valence-electron chi connectivity index (χ0n) is 18.4. The normalized spacial score (nSPS) is 15.5. The molecule has 31 heavy (non-hydrogen) atoms. The fraction of sp³-hybridized carbons (Fsp3) is 0.458. The largest absolute Gasteiger partial charge is 0.459 e. The van der Waals surface area contributed by atoms with Crippen LogP contribution in [-0.2, 0) is 4.79 Å². The van der Waals surface area contributed by atoms with Gasteiger partial charge >= 0.3 is 0 Å². The molecule has 2 heterocycles. The summed E-state index contributed by atoms with van der Waals surface area (Å²) in [5, 5.41) is 5.99. The lowest BCUT2D eigenvalue weighted by Gasteiger charge is -2.33. The molecule has 7 nitrogen and oxygen atoms in total. The molecule has 1 unspecified atom stereocenters. The predicted octanol–water partition coefficient (Wildman–Crippen LogP) is 3.15. The molecule has 2 N–H and O–H groups in total. The molecule has 1 atom stereocenters. The number of benzene rings is 1. The van der Waals surface area contributed by atoms with E-state index in [1.54, 1.807) is 23.1 Å². The summed E-state index contributed by atoms with van der Waals surface area (Å²) in [4.78, 5) is 39.9. The van der Waals surface area contributed by atoms with Gasteiger partial charge in [-0.15, -0.1) is 0 Å². The van der Waals surface area contributed by atoms with Crippen molar-refractivity contribution >= 4 is 17.7 Å². The zero-order chi connectivity index (χ0) is 22.4. The first kappa shape index (κ1) is 22.6. The third kappa shape index (κ3) is 5.96. The number of rotatable bonds is 7. The maximum absolute atomic E-state index is 13.0. The molecule has 3 rings (SSSR count). The molecule has 0 spiro atoms. The lowest BCUT2D eigenvalue weighted by atomic mass is 10.00. The fourth-order valence-electron chi connectivity index (χ4n) is 3.85. The molecular formula is C24H31N3O4. The van der Waals surface area contributed by atoms with E-state index in [1.165, 1.54) is 6.26 Å². The summed E-state index contributed by atoms with van der Waals surface area (Å²) in [6.45, 7) is 7.03. The van der Waals surface area contributed by atoms with E-state index in [9.17, 15) is 14.4 Å². The van der Waals surface area contributed by atoms with Crippen molar-refractivity contribution in [3.05, 3.63) is 59.5 Å². The Morgan fingerprint density at radius 3 is 2.42 bits per heavy atom. The number of piperidine rings is 1. The van der Waals surface area contributed by atoms with Crippen molar-refractivity contribution in [2.24, 2.45) is 5.92 Å². The van der Waals surface area contributed by atoms with E-state index in [0.717, 1.165) is 5.56 Å². The molecule has 1 aliphatic rings. The smallest absolute Gasteiger partial charge is 0.289 e. The lowest BCUT2D eigenvalue weighted by molar-refractivity contribution is -0.124. The Hall–Kier alpha value is -3.09. The van der Waals surface area contributed by atoms with Crippen LogP contribution in [-0.4, -0.2) is 47.8 Å². The lowest BCUT2D eigenvalue weighted by Crippen LogP contribution is -2.53. The van der Waals surface area contributed by atoms with E-state index < -0.39 is 6.04 Å². The van der Waals surface area contributed by atoms with Gasteiger partial charge in [0.1, 0.15) is 6.04 Å². The van der Waals surface area contributed by atoms with Crippen LogP contribution >= 0.6 is 0 Å². The summed E-state index contributed by atoms with van der Waals surface area (Å²) in [7, 11) is 0.